The van der Waals surface area contributed by atoms with Crippen molar-refractivity contribution in [1.82, 2.24) is 4.98 Å². The highest BCUT2D eigenvalue weighted by atomic mass is 35.5. The van der Waals surface area contributed by atoms with Gasteiger partial charge in [-0.05, 0) is 72.5 Å². The van der Waals surface area contributed by atoms with Gasteiger partial charge in [0, 0.05) is 35.9 Å². The van der Waals surface area contributed by atoms with Crippen molar-refractivity contribution in [2.75, 3.05) is 17.2 Å². The number of allylic oxidation sites excluding steroid dienone is 1. The Kier molecular flexibility index (Phi) is 8.28. The molecule has 0 bridgehead atoms. The third kappa shape index (κ3) is 6.10. The summed E-state index contributed by atoms with van der Waals surface area (Å²) in [6.07, 6.45) is 7.76. The Hall–Kier alpha value is -2.86. The number of urea groups is 1. The summed E-state index contributed by atoms with van der Waals surface area (Å²) in [7, 11) is 0. The van der Waals surface area contributed by atoms with Gasteiger partial charge in [0.2, 0.25) is 0 Å². The van der Waals surface area contributed by atoms with Crippen LogP contribution >= 0.6 is 35.6 Å². The highest BCUT2D eigenvalue weighted by Gasteiger charge is 2.14. The van der Waals surface area contributed by atoms with E-state index in [1.165, 1.54) is 5.57 Å². The predicted molar refractivity (Wildman–Crippen MR) is 136 cm³/mol. The number of pyridine rings is 1. The van der Waals surface area contributed by atoms with E-state index in [-0.39, 0.29) is 18.4 Å². The van der Waals surface area contributed by atoms with Gasteiger partial charge in [-0.15, -0.1) is 12.4 Å². The smallest absolute Gasteiger partial charge is 0.308 e. The second-order valence-corrected chi connectivity index (χ2v) is 7.89. The number of carbonyl (C=O) groups excluding carboxylic acids is 1. The summed E-state index contributed by atoms with van der Waals surface area (Å²) < 4.78 is 0. The average molecular weight is 488 g/mol. The number of aromatic nitrogens is 1. The average Bonchev–Trinajstić information content (AvgIpc) is 2.79. The maximum Gasteiger partial charge on any atom is 0.323 e. The third-order valence-corrected chi connectivity index (χ3v) is 5.54. The number of aliphatic imine (C=N–C) groups is 1. The highest BCUT2D eigenvalue weighted by Crippen LogP contribution is 2.25. The molecule has 1 aliphatic rings. The van der Waals surface area contributed by atoms with Crippen LogP contribution in [0.2, 0.25) is 10.0 Å². The van der Waals surface area contributed by atoms with Gasteiger partial charge in [-0.3, -0.25) is 9.98 Å². The van der Waals surface area contributed by atoms with Gasteiger partial charge in [-0.2, -0.15) is 0 Å². The SMILES string of the molecule is Cl.O=C(Nc1ccc(C=C2CCCN=C2c2cccnc2)cc1)Nc1ccc(Cl)c(Cl)c1. The first-order chi connectivity index (χ1) is 15.1. The lowest BCUT2D eigenvalue weighted by Crippen LogP contribution is -2.19. The van der Waals surface area contributed by atoms with Gasteiger partial charge >= 0.3 is 6.03 Å². The lowest BCUT2D eigenvalue weighted by atomic mass is 9.95. The Balaban J connectivity index is 0.00000289. The Labute approximate surface area is 203 Å². The molecule has 0 saturated heterocycles. The Morgan fingerprint density at radius 2 is 1.72 bits per heavy atom. The van der Waals surface area contributed by atoms with Crippen LogP contribution in [0.25, 0.3) is 6.08 Å². The molecule has 0 atom stereocenters. The largest absolute Gasteiger partial charge is 0.323 e. The normalized spacial score (nSPS) is 14.3. The summed E-state index contributed by atoms with van der Waals surface area (Å²) >= 11 is 11.9. The molecule has 0 aliphatic carbocycles. The van der Waals surface area contributed by atoms with E-state index in [4.69, 9.17) is 28.2 Å². The second kappa shape index (κ2) is 11.1. The molecule has 2 heterocycles. The molecule has 0 radical (unpaired) electrons. The van der Waals surface area contributed by atoms with E-state index in [1.807, 2.05) is 42.6 Å². The minimum absolute atomic E-state index is 0. The number of amides is 2. The summed E-state index contributed by atoms with van der Waals surface area (Å²) in [5, 5.41) is 6.37. The first kappa shape index (κ1) is 23.8. The van der Waals surface area contributed by atoms with Gasteiger partial charge in [0.05, 0.1) is 15.8 Å². The topological polar surface area (TPSA) is 66.4 Å². The molecule has 5 nitrogen and oxygen atoms in total. The fourth-order valence-electron chi connectivity index (χ4n) is 3.33. The molecule has 2 amide bonds. The number of hydrogen-bond acceptors (Lipinski definition) is 3. The molecule has 1 aromatic heterocycles. The van der Waals surface area contributed by atoms with Crippen LogP contribution in [-0.2, 0) is 0 Å². The molecule has 0 unspecified atom stereocenters. The van der Waals surface area contributed by atoms with E-state index in [1.54, 1.807) is 24.4 Å². The molecule has 32 heavy (non-hydrogen) atoms. The van der Waals surface area contributed by atoms with Crippen LogP contribution in [0, 0.1) is 0 Å². The number of anilines is 2. The van der Waals surface area contributed by atoms with Crippen LogP contribution in [0.1, 0.15) is 24.0 Å². The number of hydrogen-bond donors (Lipinski definition) is 2. The minimum atomic E-state index is -0.359. The maximum atomic E-state index is 12.2. The van der Waals surface area contributed by atoms with Crippen LogP contribution in [-0.4, -0.2) is 23.3 Å². The van der Waals surface area contributed by atoms with Crippen LogP contribution in [0.3, 0.4) is 0 Å². The summed E-state index contributed by atoms with van der Waals surface area (Å²) in [6, 6.07) is 16.2. The molecule has 2 N–H and O–H groups in total. The molecule has 1 aliphatic heterocycles. The molecule has 164 valence electrons. The van der Waals surface area contributed by atoms with Crippen molar-refractivity contribution >= 4 is 64.8 Å². The molecule has 3 aromatic rings. The highest BCUT2D eigenvalue weighted by molar-refractivity contribution is 6.42. The zero-order chi connectivity index (χ0) is 21.6. The zero-order valence-corrected chi connectivity index (χ0v) is 19.3. The molecular weight excluding hydrogens is 467 g/mol. The van der Waals surface area contributed by atoms with Gasteiger partial charge in [0.15, 0.2) is 0 Å². The van der Waals surface area contributed by atoms with E-state index in [2.05, 4.69) is 21.7 Å². The quantitative estimate of drug-likeness (QED) is 0.411. The van der Waals surface area contributed by atoms with E-state index in [0.717, 1.165) is 36.2 Å². The van der Waals surface area contributed by atoms with Crippen molar-refractivity contribution in [1.29, 1.82) is 0 Å². The van der Waals surface area contributed by atoms with Crippen molar-refractivity contribution < 1.29 is 4.79 Å². The fraction of sp³-hybridized carbons (Fsp3) is 0.125. The Morgan fingerprint density at radius 3 is 2.44 bits per heavy atom. The van der Waals surface area contributed by atoms with E-state index in [0.29, 0.717) is 21.4 Å². The number of rotatable bonds is 4. The predicted octanol–water partition coefficient (Wildman–Crippen LogP) is 7.12. The first-order valence-corrected chi connectivity index (χ1v) is 10.6. The van der Waals surface area contributed by atoms with Crippen LogP contribution in [0.5, 0.6) is 0 Å². The summed E-state index contributed by atoms with van der Waals surface area (Å²) in [4.78, 5) is 21.2. The number of nitrogens with one attached hydrogen (secondary N) is 2. The number of carbonyl (C=O) groups is 1. The van der Waals surface area contributed by atoms with Gasteiger partial charge in [-0.25, -0.2) is 4.79 Å². The minimum Gasteiger partial charge on any atom is -0.308 e. The van der Waals surface area contributed by atoms with Gasteiger partial charge in [0.25, 0.3) is 0 Å². The lowest BCUT2D eigenvalue weighted by molar-refractivity contribution is 0.262. The van der Waals surface area contributed by atoms with E-state index < -0.39 is 0 Å². The van der Waals surface area contributed by atoms with Crippen molar-refractivity contribution in [3.8, 4) is 0 Å². The third-order valence-electron chi connectivity index (χ3n) is 4.80. The van der Waals surface area contributed by atoms with Crippen molar-refractivity contribution in [3.05, 3.63) is 93.7 Å². The molecule has 0 saturated carbocycles. The first-order valence-electron chi connectivity index (χ1n) is 9.87. The van der Waals surface area contributed by atoms with Crippen LogP contribution in [0.15, 0.2) is 77.6 Å². The monoisotopic (exact) mass is 486 g/mol. The van der Waals surface area contributed by atoms with Crippen molar-refractivity contribution in [2.24, 2.45) is 4.99 Å². The number of benzene rings is 2. The van der Waals surface area contributed by atoms with E-state index in [9.17, 15) is 4.79 Å². The zero-order valence-electron chi connectivity index (χ0n) is 17.0. The van der Waals surface area contributed by atoms with Gasteiger partial charge in [0.1, 0.15) is 0 Å². The van der Waals surface area contributed by atoms with E-state index >= 15 is 0 Å². The maximum absolute atomic E-state index is 12.2. The van der Waals surface area contributed by atoms with Crippen LogP contribution < -0.4 is 10.6 Å². The number of halogens is 3. The fourth-order valence-corrected chi connectivity index (χ4v) is 3.63. The number of nitrogens with zero attached hydrogens (tertiary/aromatic N) is 2. The molecule has 2 aromatic carbocycles. The molecule has 0 fully saturated rings. The molecule has 0 spiro atoms. The standard InChI is InChI=1S/C24H20Cl2N4O.ClH/c25-21-10-9-20(14-22(21)26)30-24(31)29-19-7-5-16(6-8-19)13-17-3-2-12-28-23(17)18-4-1-11-27-15-18;/h1,4-11,13-15H,2-3,12H2,(H2,29,30,31);1H. The summed E-state index contributed by atoms with van der Waals surface area (Å²) in [6.45, 7) is 0.832. The molecular formula is C24H21Cl3N4O. The van der Waals surface area contributed by atoms with Crippen molar-refractivity contribution in [3.63, 3.8) is 0 Å². The molecule has 4 rings (SSSR count). The van der Waals surface area contributed by atoms with Gasteiger partial charge < -0.3 is 10.6 Å². The Bertz CT molecular complexity index is 1150. The molecule has 8 heteroatoms. The second-order valence-electron chi connectivity index (χ2n) is 7.08. The van der Waals surface area contributed by atoms with Crippen LogP contribution in [0.4, 0.5) is 16.2 Å². The van der Waals surface area contributed by atoms with Gasteiger partial charge in [-0.1, -0.05) is 35.3 Å². The summed E-state index contributed by atoms with van der Waals surface area (Å²) in [5.74, 6) is 0. The summed E-state index contributed by atoms with van der Waals surface area (Å²) in [5.41, 5.74) is 5.52. The Morgan fingerprint density at radius 1 is 0.969 bits per heavy atom. The lowest BCUT2D eigenvalue weighted by Gasteiger charge is -2.16. The van der Waals surface area contributed by atoms with Crippen molar-refractivity contribution in [2.45, 2.75) is 12.8 Å².